The lowest BCUT2D eigenvalue weighted by molar-refractivity contribution is -0.142. The molecule has 0 N–H and O–H groups in total. The molecule has 1 heterocycles. The SMILES string of the molecule is Cn1nc(C(F)(F)F)ccc1=O. The minimum atomic E-state index is -4.49. The number of alkyl halides is 3. The number of hydrogen-bond acceptors (Lipinski definition) is 2. The lowest BCUT2D eigenvalue weighted by Crippen LogP contribution is -2.22. The topological polar surface area (TPSA) is 34.9 Å². The molecule has 0 bridgehead atoms. The Kier molecular flexibility index (Phi) is 1.91. The summed E-state index contributed by atoms with van der Waals surface area (Å²) in [6, 6.07) is 1.48. The highest BCUT2D eigenvalue weighted by atomic mass is 19.4. The van der Waals surface area contributed by atoms with E-state index in [9.17, 15) is 18.0 Å². The summed E-state index contributed by atoms with van der Waals surface area (Å²) in [7, 11) is 1.16. The third-order valence-corrected chi connectivity index (χ3v) is 1.25. The van der Waals surface area contributed by atoms with Crippen LogP contribution in [0, 0.1) is 0 Å². The van der Waals surface area contributed by atoms with E-state index in [4.69, 9.17) is 0 Å². The first-order valence-corrected chi connectivity index (χ1v) is 3.03. The van der Waals surface area contributed by atoms with E-state index in [0.29, 0.717) is 10.7 Å². The van der Waals surface area contributed by atoms with Gasteiger partial charge in [-0.05, 0) is 6.07 Å². The zero-order valence-corrected chi connectivity index (χ0v) is 6.09. The molecule has 0 unspecified atom stereocenters. The average molecular weight is 178 g/mol. The van der Waals surface area contributed by atoms with Crippen molar-refractivity contribution in [2.45, 2.75) is 6.18 Å². The molecule has 0 radical (unpaired) electrons. The maximum absolute atomic E-state index is 11.9. The maximum atomic E-state index is 11.9. The zero-order chi connectivity index (χ0) is 9.35. The Morgan fingerprint density at radius 1 is 1.42 bits per heavy atom. The van der Waals surface area contributed by atoms with Gasteiger partial charge < -0.3 is 0 Å². The van der Waals surface area contributed by atoms with Crippen LogP contribution < -0.4 is 5.56 Å². The van der Waals surface area contributed by atoms with Gasteiger partial charge in [-0.3, -0.25) is 4.79 Å². The van der Waals surface area contributed by atoms with Gasteiger partial charge in [0.25, 0.3) is 5.56 Å². The molecule has 1 aromatic rings. The van der Waals surface area contributed by atoms with Crippen molar-refractivity contribution in [1.29, 1.82) is 0 Å². The van der Waals surface area contributed by atoms with Crippen LogP contribution in [0.2, 0.25) is 0 Å². The molecule has 66 valence electrons. The summed E-state index contributed by atoms with van der Waals surface area (Å²) in [5.41, 5.74) is -1.63. The van der Waals surface area contributed by atoms with Gasteiger partial charge in [0.05, 0.1) is 0 Å². The highest BCUT2D eigenvalue weighted by Gasteiger charge is 2.32. The van der Waals surface area contributed by atoms with Crippen LogP contribution in [0.3, 0.4) is 0 Å². The van der Waals surface area contributed by atoms with Gasteiger partial charge >= 0.3 is 6.18 Å². The molecule has 0 saturated heterocycles. The standard InChI is InChI=1S/C6H5F3N2O/c1-11-5(12)3-2-4(10-11)6(7,8)9/h2-3H,1H3. The molecule has 1 rings (SSSR count). The number of hydrogen-bond donors (Lipinski definition) is 0. The monoisotopic (exact) mass is 178 g/mol. The number of rotatable bonds is 0. The largest absolute Gasteiger partial charge is 0.435 e. The molecule has 0 aromatic carbocycles. The highest BCUT2D eigenvalue weighted by Crippen LogP contribution is 2.25. The second-order valence-electron chi connectivity index (χ2n) is 2.18. The maximum Gasteiger partial charge on any atom is 0.435 e. The normalized spacial score (nSPS) is 11.7. The Bertz CT molecular complexity index is 341. The summed E-state index contributed by atoms with van der Waals surface area (Å²) in [6.07, 6.45) is -4.49. The third-order valence-electron chi connectivity index (χ3n) is 1.25. The smallest absolute Gasteiger partial charge is 0.268 e. The summed E-state index contributed by atoms with van der Waals surface area (Å²) in [5.74, 6) is 0. The zero-order valence-electron chi connectivity index (χ0n) is 6.09. The van der Waals surface area contributed by atoms with Crippen LogP contribution in [0.5, 0.6) is 0 Å². The van der Waals surface area contributed by atoms with E-state index in [1.54, 1.807) is 0 Å². The molecule has 0 atom stereocenters. The van der Waals surface area contributed by atoms with Crippen LogP contribution in [0.25, 0.3) is 0 Å². The Balaban J connectivity index is 3.23. The first-order chi connectivity index (χ1) is 5.41. The lowest BCUT2D eigenvalue weighted by Gasteiger charge is -2.05. The van der Waals surface area contributed by atoms with E-state index in [2.05, 4.69) is 5.10 Å². The van der Waals surface area contributed by atoms with Gasteiger partial charge in [0.1, 0.15) is 0 Å². The summed E-state index contributed by atoms with van der Waals surface area (Å²) in [6.45, 7) is 0. The molecule has 3 nitrogen and oxygen atoms in total. The minimum Gasteiger partial charge on any atom is -0.268 e. The third kappa shape index (κ3) is 1.63. The van der Waals surface area contributed by atoms with E-state index in [-0.39, 0.29) is 0 Å². The van der Waals surface area contributed by atoms with Crippen LogP contribution >= 0.6 is 0 Å². The Hall–Kier alpha value is -1.33. The molecule has 12 heavy (non-hydrogen) atoms. The van der Waals surface area contributed by atoms with Crippen molar-refractivity contribution in [3.63, 3.8) is 0 Å². The van der Waals surface area contributed by atoms with Crippen LogP contribution in [0.15, 0.2) is 16.9 Å². The van der Waals surface area contributed by atoms with Crippen molar-refractivity contribution in [2.75, 3.05) is 0 Å². The van der Waals surface area contributed by atoms with E-state index < -0.39 is 17.4 Å². The first kappa shape index (κ1) is 8.76. The fourth-order valence-corrected chi connectivity index (χ4v) is 0.653. The number of aryl methyl sites for hydroxylation is 1. The Morgan fingerprint density at radius 3 is 2.42 bits per heavy atom. The second-order valence-corrected chi connectivity index (χ2v) is 2.18. The van der Waals surface area contributed by atoms with Gasteiger partial charge in [0.2, 0.25) is 0 Å². The minimum absolute atomic E-state index is 0.567. The first-order valence-electron chi connectivity index (χ1n) is 3.03. The summed E-state index contributed by atoms with van der Waals surface area (Å²) in [5, 5.41) is 3.02. The van der Waals surface area contributed by atoms with E-state index >= 15 is 0 Å². The highest BCUT2D eigenvalue weighted by molar-refractivity contribution is 5.03. The molecule has 0 aliphatic carbocycles. The fourth-order valence-electron chi connectivity index (χ4n) is 0.653. The van der Waals surface area contributed by atoms with Crippen LogP contribution in [0.1, 0.15) is 5.69 Å². The number of aromatic nitrogens is 2. The summed E-state index contributed by atoms with van der Waals surface area (Å²) in [4.78, 5) is 10.6. The van der Waals surface area contributed by atoms with Crippen molar-refractivity contribution in [3.05, 3.63) is 28.2 Å². The van der Waals surface area contributed by atoms with Crippen molar-refractivity contribution in [3.8, 4) is 0 Å². The summed E-state index contributed by atoms with van der Waals surface area (Å²) >= 11 is 0. The van der Waals surface area contributed by atoms with Gasteiger partial charge in [0, 0.05) is 13.1 Å². The van der Waals surface area contributed by atoms with Gasteiger partial charge in [0.15, 0.2) is 5.69 Å². The Morgan fingerprint density at radius 2 is 2.00 bits per heavy atom. The van der Waals surface area contributed by atoms with Crippen molar-refractivity contribution < 1.29 is 13.2 Å². The van der Waals surface area contributed by atoms with Gasteiger partial charge in [-0.15, -0.1) is 0 Å². The molecule has 1 aromatic heterocycles. The average Bonchev–Trinajstić information content (AvgIpc) is 1.92. The molecule has 0 fully saturated rings. The molecule has 0 spiro atoms. The predicted molar refractivity (Wildman–Crippen MR) is 34.5 cm³/mol. The van der Waals surface area contributed by atoms with Crippen LogP contribution in [-0.4, -0.2) is 9.78 Å². The summed E-state index contributed by atoms with van der Waals surface area (Å²) < 4.78 is 36.4. The number of halogens is 3. The molecule has 0 saturated carbocycles. The van der Waals surface area contributed by atoms with Crippen molar-refractivity contribution in [2.24, 2.45) is 7.05 Å². The van der Waals surface area contributed by atoms with Crippen molar-refractivity contribution >= 4 is 0 Å². The van der Waals surface area contributed by atoms with Crippen molar-refractivity contribution in [1.82, 2.24) is 9.78 Å². The van der Waals surface area contributed by atoms with E-state index in [1.807, 2.05) is 0 Å². The van der Waals surface area contributed by atoms with Gasteiger partial charge in [-0.25, -0.2) is 4.68 Å². The molecule has 6 heteroatoms. The van der Waals surface area contributed by atoms with Gasteiger partial charge in [-0.2, -0.15) is 18.3 Å². The molecular weight excluding hydrogens is 173 g/mol. The molecule has 0 aliphatic heterocycles. The second kappa shape index (κ2) is 2.62. The predicted octanol–water partition coefficient (Wildman–Crippen LogP) is 0.799. The molecular formula is C6H5F3N2O. The fraction of sp³-hybridized carbons (Fsp3) is 0.333. The quantitative estimate of drug-likeness (QED) is 0.588. The van der Waals surface area contributed by atoms with Gasteiger partial charge in [-0.1, -0.05) is 0 Å². The lowest BCUT2D eigenvalue weighted by atomic mass is 10.4. The van der Waals surface area contributed by atoms with Crippen LogP contribution in [0.4, 0.5) is 13.2 Å². The molecule has 0 aliphatic rings. The van der Waals surface area contributed by atoms with Crippen LogP contribution in [-0.2, 0) is 13.2 Å². The number of nitrogens with zero attached hydrogens (tertiary/aromatic N) is 2. The Labute approximate surface area is 65.4 Å². The van der Waals surface area contributed by atoms with E-state index in [1.165, 1.54) is 0 Å². The van der Waals surface area contributed by atoms with E-state index in [0.717, 1.165) is 13.1 Å². The molecule has 0 amide bonds.